The maximum absolute atomic E-state index is 13.0. The van der Waals surface area contributed by atoms with Gasteiger partial charge in [-0.2, -0.15) is 0 Å². The molecule has 2 aromatic carbocycles. The molecule has 1 amide bonds. The maximum Gasteiger partial charge on any atom is 0.302 e. The summed E-state index contributed by atoms with van der Waals surface area (Å²) in [6.07, 6.45) is 6.79. The van der Waals surface area contributed by atoms with Gasteiger partial charge in [0.05, 0.1) is 7.11 Å². The van der Waals surface area contributed by atoms with Gasteiger partial charge in [-0.25, -0.2) is 0 Å². The number of likely N-dealkylation sites (tertiary alicyclic amines) is 1. The Bertz CT molecular complexity index is 1040. The fraction of sp³-hybridized carbons (Fsp3) is 0.548. The first kappa shape index (κ1) is 27.2. The molecule has 1 heterocycles. The van der Waals surface area contributed by atoms with Crippen LogP contribution in [0, 0.1) is 5.92 Å². The molecular formula is C31H42N2O4. The van der Waals surface area contributed by atoms with Crippen LogP contribution in [-0.2, 0) is 26.2 Å². The van der Waals surface area contributed by atoms with Crippen molar-refractivity contribution in [3.63, 3.8) is 0 Å². The van der Waals surface area contributed by atoms with E-state index in [0.717, 1.165) is 57.4 Å². The van der Waals surface area contributed by atoms with E-state index < -0.39 is 0 Å². The third-order valence-electron chi connectivity index (χ3n) is 8.27. The standard InChI is InChI=1S/C31H42N2O4/c1-23(34)37-29-20-26(32-30(35)16-9-5-8-13-24-11-6-4-7-12-24)21-31(17-18-33(2)22-28(29)31)25-14-10-15-27(19-25)36-3/h4,6-7,10-12,14-15,19,26,28-29H,5,8-9,13,16-18,20-22H2,1-3H3,(H,32,35)/t26-,28-,29?,31-/m0/s1. The van der Waals surface area contributed by atoms with E-state index in [1.807, 2.05) is 18.2 Å². The number of carbonyl (C=O) groups excluding carboxylic acids is 2. The van der Waals surface area contributed by atoms with E-state index in [1.54, 1.807) is 7.11 Å². The van der Waals surface area contributed by atoms with Gasteiger partial charge >= 0.3 is 5.97 Å². The number of benzene rings is 2. The largest absolute Gasteiger partial charge is 0.497 e. The van der Waals surface area contributed by atoms with E-state index in [0.29, 0.717) is 12.8 Å². The zero-order valence-electron chi connectivity index (χ0n) is 22.6. The summed E-state index contributed by atoms with van der Waals surface area (Å²) in [7, 11) is 3.82. The number of hydrogen-bond acceptors (Lipinski definition) is 5. The summed E-state index contributed by atoms with van der Waals surface area (Å²) < 4.78 is 11.5. The zero-order valence-corrected chi connectivity index (χ0v) is 22.6. The Hall–Kier alpha value is -2.86. The monoisotopic (exact) mass is 506 g/mol. The SMILES string of the molecule is COc1cccc([C@@]23CCN(C)C[C@H]2C(OC(C)=O)C[C@H](NC(=O)CCCCCc2ccccc2)C3)c1. The maximum atomic E-state index is 13.0. The first-order chi connectivity index (χ1) is 17.9. The van der Waals surface area contributed by atoms with Gasteiger partial charge < -0.3 is 19.7 Å². The lowest BCUT2D eigenvalue weighted by Gasteiger charge is -2.55. The molecule has 0 spiro atoms. The average molecular weight is 507 g/mol. The zero-order chi connectivity index (χ0) is 26.3. The van der Waals surface area contributed by atoms with Crippen molar-refractivity contribution in [2.24, 2.45) is 5.92 Å². The first-order valence-electron chi connectivity index (χ1n) is 13.7. The number of unbranched alkanes of at least 4 members (excludes halogenated alkanes) is 2. The molecule has 0 aromatic heterocycles. The quantitative estimate of drug-likeness (QED) is 0.367. The second kappa shape index (κ2) is 12.6. The van der Waals surface area contributed by atoms with Crippen molar-refractivity contribution < 1.29 is 19.1 Å². The Morgan fingerprint density at radius 3 is 2.65 bits per heavy atom. The molecule has 0 radical (unpaired) electrons. The fourth-order valence-corrected chi connectivity index (χ4v) is 6.47. The van der Waals surface area contributed by atoms with Crippen molar-refractivity contribution >= 4 is 11.9 Å². The molecule has 1 aliphatic heterocycles. The number of fused-ring (bicyclic) bond motifs is 1. The topological polar surface area (TPSA) is 67.9 Å². The van der Waals surface area contributed by atoms with Crippen LogP contribution in [0.5, 0.6) is 5.75 Å². The summed E-state index contributed by atoms with van der Waals surface area (Å²) in [6.45, 7) is 3.30. The van der Waals surface area contributed by atoms with Crippen LogP contribution < -0.4 is 10.1 Å². The Labute approximate surface area is 221 Å². The van der Waals surface area contributed by atoms with Crippen LogP contribution in [0.25, 0.3) is 0 Å². The number of esters is 1. The van der Waals surface area contributed by atoms with Gasteiger partial charge in [0.15, 0.2) is 0 Å². The molecule has 4 atom stereocenters. The number of aryl methyl sites for hydroxylation is 1. The van der Waals surface area contributed by atoms with Gasteiger partial charge in [-0.05, 0) is 69.0 Å². The van der Waals surface area contributed by atoms with Gasteiger partial charge in [-0.15, -0.1) is 0 Å². The highest BCUT2D eigenvalue weighted by Gasteiger charge is 2.53. The molecule has 0 bridgehead atoms. The fourth-order valence-electron chi connectivity index (χ4n) is 6.47. The minimum Gasteiger partial charge on any atom is -0.497 e. The molecule has 2 aliphatic rings. The molecule has 1 saturated carbocycles. The van der Waals surface area contributed by atoms with Gasteiger partial charge in [0.1, 0.15) is 11.9 Å². The molecule has 4 rings (SSSR count). The van der Waals surface area contributed by atoms with Gasteiger partial charge in [0.25, 0.3) is 0 Å². The highest BCUT2D eigenvalue weighted by molar-refractivity contribution is 5.76. The Balaban J connectivity index is 1.43. The number of methoxy groups -OCH3 is 1. The number of amides is 1. The summed E-state index contributed by atoms with van der Waals surface area (Å²) in [4.78, 5) is 27.4. The molecule has 6 heteroatoms. The van der Waals surface area contributed by atoms with Gasteiger partial charge in [0, 0.05) is 43.7 Å². The number of nitrogens with one attached hydrogen (secondary N) is 1. The lowest BCUT2D eigenvalue weighted by atomic mass is 9.57. The predicted octanol–water partition coefficient (Wildman–Crippen LogP) is 4.90. The summed E-state index contributed by atoms with van der Waals surface area (Å²) in [5, 5.41) is 3.32. The van der Waals surface area contributed by atoms with Gasteiger partial charge in [0.2, 0.25) is 5.91 Å². The van der Waals surface area contributed by atoms with Crippen molar-refractivity contribution in [2.45, 2.75) is 75.9 Å². The summed E-state index contributed by atoms with van der Waals surface area (Å²) in [5.41, 5.74) is 2.37. The Kier molecular flexibility index (Phi) is 9.25. The highest BCUT2D eigenvalue weighted by Crippen LogP contribution is 2.50. The van der Waals surface area contributed by atoms with Gasteiger partial charge in [-0.3, -0.25) is 9.59 Å². The Morgan fingerprint density at radius 2 is 1.89 bits per heavy atom. The summed E-state index contributed by atoms with van der Waals surface area (Å²) in [6, 6.07) is 18.8. The number of nitrogens with zero attached hydrogens (tertiary/aromatic N) is 1. The van der Waals surface area contributed by atoms with Crippen LogP contribution in [0.1, 0.15) is 63.0 Å². The molecule has 200 valence electrons. The van der Waals surface area contributed by atoms with Crippen LogP contribution in [0.2, 0.25) is 0 Å². The second-order valence-electron chi connectivity index (χ2n) is 10.9. The van der Waals surface area contributed by atoms with Crippen LogP contribution in [0.4, 0.5) is 0 Å². The van der Waals surface area contributed by atoms with Crippen molar-refractivity contribution in [2.75, 3.05) is 27.2 Å². The third-order valence-corrected chi connectivity index (χ3v) is 8.27. The number of carbonyl (C=O) groups is 2. The van der Waals surface area contributed by atoms with Crippen molar-refractivity contribution in [3.05, 3.63) is 65.7 Å². The molecule has 1 unspecified atom stereocenters. The number of hydrogen-bond donors (Lipinski definition) is 1. The van der Waals surface area contributed by atoms with E-state index in [-0.39, 0.29) is 35.4 Å². The number of piperidine rings is 1. The van der Waals surface area contributed by atoms with E-state index >= 15 is 0 Å². The Morgan fingerprint density at radius 1 is 1.08 bits per heavy atom. The molecule has 1 saturated heterocycles. The molecule has 6 nitrogen and oxygen atoms in total. The van der Waals surface area contributed by atoms with E-state index in [4.69, 9.17) is 9.47 Å². The first-order valence-corrected chi connectivity index (χ1v) is 13.7. The number of ether oxygens (including phenoxy) is 2. The summed E-state index contributed by atoms with van der Waals surface area (Å²) in [5.74, 6) is 0.824. The average Bonchev–Trinajstić information content (AvgIpc) is 2.89. The lowest BCUT2D eigenvalue weighted by Crippen LogP contribution is -2.61. The predicted molar refractivity (Wildman–Crippen MR) is 146 cm³/mol. The molecule has 1 N–H and O–H groups in total. The molecule has 2 aromatic rings. The molecule has 1 aliphatic carbocycles. The van der Waals surface area contributed by atoms with Crippen molar-refractivity contribution in [1.82, 2.24) is 10.2 Å². The minimum atomic E-state index is -0.261. The normalized spacial score (nSPS) is 25.6. The van der Waals surface area contributed by atoms with E-state index in [2.05, 4.69) is 53.7 Å². The molecular weight excluding hydrogens is 464 g/mol. The third kappa shape index (κ3) is 6.92. The molecule has 37 heavy (non-hydrogen) atoms. The lowest BCUT2D eigenvalue weighted by molar-refractivity contribution is -0.157. The second-order valence-corrected chi connectivity index (χ2v) is 10.9. The van der Waals surface area contributed by atoms with Crippen LogP contribution in [0.15, 0.2) is 54.6 Å². The highest BCUT2D eigenvalue weighted by atomic mass is 16.5. The van der Waals surface area contributed by atoms with Gasteiger partial charge in [-0.1, -0.05) is 48.9 Å². The van der Waals surface area contributed by atoms with Crippen LogP contribution in [-0.4, -0.2) is 56.2 Å². The van der Waals surface area contributed by atoms with Crippen LogP contribution in [0.3, 0.4) is 0 Å². The van der Waals surface area contributed by atoms with E-state index in [9.17, 15) is 9.59 Å². The molecule has 2 fully saturated rings. The summed E-state index contributed by atoms with van der Waals surface area (Å²) >= 11 is 0. The van der Waals surface area contributed by atoms with Crippen molar-refractivity contribution in [1.29, 1.82) is 0 Å². The van der Waals surface area contributed by atoms with Crippen LogP contribution >= 0.6 is 0 Å². The smallest absolute Gasteiger partial charge is 0.302 e. The number of rotatable bonds is 10. The minimum absolute atomic E-state index is 0.0352. The van der Waals surface area contributed by atoms with E-state index in [1.165, 1.54) is 18.1 Å². The van der Waals surface area contributed by atoms with Crippen molar-refractivity contribution in [3.8, 4) is 5.75 Å².